The first-order valence-electron chi connectivity index (χ1n) is 5.88. The lowest BCUT2D eigenvalue weighted by atomic mass is 10.2. The molecule has 3 heterocycles. The van der Waals surface area contributed by atoms with Gasteiger partial charge in [-0.05, 0) is 30.7 Å². The number of aryl methyl sites for hydroxylation is 1. The number of furan rings is 1. The number of fused-ring (bicyclic) bond motifs is 1. The van der Waals surface area contributed by atoms with E-state index < -0.39 is 5.97 Å². The minimum atomic E-state index is -1.02. The molecule has 0 saturated heterocycles. The monoisotopic (exact) mass is 256 g/mol. The number of carbonyl (C=O) groups is 1. The molecular weight excluding hydrogens is 244 g/mol. The molecule has 5 nitrogen and oxygen atoms in total. The molecule has 0 fully saturated rings. The average Bonchev–Trinajstić information content (AvgIpc) is 2.98. The van der Waals surface area contributed by atoms with Crippen LogP contribution < -0.4 is 0 Å². The van der Waals surface area contributed by atoms with E-state index in [4.69, 9.17) is 4.42 Å². The quantitative estimate of drug-likeness (QED) is 0.781. The Bertz CT molecular complexity index is 741. The Morgan fingerprint density at radius 1 is 1.42 bits per heavy atom. The molecule has 0 aromatic carbocycles. The molecule has 19 heavy (non-hydrogen) atoms. The zero-order valence-electron chi connectivity index (χ0n) is 10.3. The van der Waals surface area contributed by atoms with E-state index in [0.29, 0.717) is 17.8 Å². The lowest BCUT2D eigenvalue weighted by Crippen LogP contribution is -1.97. The van der Waals surface area contributed by atoms with Crippen molar-refractivity contribution < 1.29 is 14.3 Å². The van der Waals surface area contributed by atoms with Crippen molar-refractivity contribution in [3.63, 3.8) is 0 Å². The van der Waals surface area contributed by atoms with Gasteiger partial charge in [0.2, 0.25) is 0 Å². The Morgan fingerprint density at radius 3 is 2.95 bits per heavy atom. The highest BCUT2D eigenvalue weighted by Crippen LogP contribution is 2.17. The van der Waals surface area contributed by atoms with Crippen molar-refractivity contribution in [2.75, 3.05) is 0 Å². The first-order chi connectivity index (χ1) is 9.15. The molecule has 96 valence electrons. The van der Waals surface area contributed by atoms with Crippen molar-refractivity contribution >= 4 is 11.5 Å². The van der Waals surface area contributed by atoms with Crippen molar-refractivity contribution in [1.82, 2.24) is 9.38 Å². The van der Waals surface area contributed by atoms with Crippen LogP contribution >= 0.6 is 0 Å². The summed E-state index contributed by atoms with van der Waals surface area (Å²) in [5.74, 6) is 0.392. The normalized spacial score (nSPS) is 11.0. The molecule has 0 bridgehead atoms. The largest absolute Gasteiger partial charge is 0.476 e. The van der Waals surface area contributed by atoms with Crippen LogP contribution in [-0.4, -0.2) is 20.5 Å². The molecule has 0 aliphatic carbocycles. The average molecular weight is 256 g/mol. The van der Waals surface area contributed by atoms with Crippen molar-refractivity contribution in [3.05, 3.63) is 59.6 Å². The highest BCUT2D eigenvalue weighted by Gasteiger charge is 2.17. The second-order valence-electron chi connectivity index (χ2n) is 4.40. The zero-order valence-corrected chi connectivity index (χ0v) is 10.3. The second-order valence-corrected chi connectivity index (χ2v) is 4.40. The number of carboxylic acids is 1. The van der Waals surface area contributed by atoms with Crippen molar-refractivity contribution in [1.29, 1.82) is 0 Å². The van der Waals surface area contributed by atoms with Crippen LogP contribution in [0.4, 0.5) is 0 Å². The van der Waals surface area contributed by atoms with Gasteiger partial charge in [0.25, 0.3) is 0 Å². The van der Waals surface area contributed by atoms with E-state index in [-0.39, 0.29) is 5.69 Å². The van der Waals surface area contributed by atoms with Gasteiger partial charge in [0, 0.05) is 6.20 Å². The molecule has 0 unspecified atom stereocenters. The van der Waals surface area contributed by atoms with Crippen LogP contribution in [0.25, 0.3) is 5.52 Å². The Balaban J connectivity index is 2.17. The molecular formula is C14H12N2O3. The standard InChI is InChI=1S/C14H12N2O3/c1-9-4-5-11-13(14(17)18)15-12(16(11)8-9)7-10-3-2-6-19-10/h2-6,8H,7H2,1H3,(H,17,18). The van der Waals surface area contributed by atoms with Gasteiger partial charge in [-0.15, -0.1) is 0 Å². The smallest absolute Gasteiger partial charge is 0.356 e. The van der Waals surface area contributed by atoms with Crippen LogP contribution in [0, 0.1) is 6.92 Å². The van der Waals surface area contributed by atoms with Gasteiger partial charge in [0.05, 0.1) is 18.2 Å². The molecule has 0 spiro atoms. The molecule has 0 radical (unpaired) electrons. The van der Waals surface area contributed by atoms with Gasteiger partial charge in [0.1, 0.15) is 11.6 Å². The van der Waals surface area contributed by atoms with Crippen molar-refractivity contribution in [2.45, 2.75) is 13.3 Å². The maximum atomic E-state index is 11.2. The highest BCUT2D eigenvalue weighted by atomic mass is 16.4. The second kappa shape index (κ2) is 4.28. The van der Waals surface area contributed by atoms with Crippen LogP contribution in [0.1, 0.15) is 27.6 Å². The SMILES string of the molecule is Cc1ccc2c(C(=O)O)nc(Cc3ccco3)n2c1. The summed E-state index contributed by atoms with van der Waals surface area (Å²) in [5.41, 5.74) is 1.71. The fraction of sp³-hybridized carbons (Fsp3) is 0.143. The first kappa shape index (κ1) is 11.5. The van der Waals surface area contributed by atoms with Crippen molar-refractivity contribution in [2.24, 2.45) is 0 Å². The number of hydrogen-bond donors (Lipinski definition) is 1. The first-order valence-corrected chi connectivity index (χ1v) is 5.88. The van der Waals surface area contributed by atoms with E-state index >= 15 is 0 Å². The van der Waals surface area contributed by atoms with Gasteiger partial charge in [-0.25, -0.2) is 9.78 Å². The Kier molecular flexibility index (Phi) is 2.59. The number of hydrogen-bond acceptors (Lipinski definition) is 3. The molecule has 0 aliphatic heterocycles. The van der Waals surface area contributed by atoms with E-state index in [1.54, 1.807) is 22.8 Å². The fourth-order valence-electron chi connectivity index (χ4n) is 2.10. The Morgan fingerprint density at radius 2 is 2.26 bits per heavy atom. The maximum Gasteiger partial charge on any atom is 0.356 e. The third kappa shape index (κ3) is 1.99. The predicted octanol–water partition coefficient (Wildman–Crippen LogP) is 2.52. The summed E-state index contributed by atoms with van der Waals surface area (Å²) < 4.78 is 7.09. The van der Waals surface area contributed by atoms with E-state index in [1.165, 1.54) is 0 Å². The van der Waals surface area contributed by atoms with Gasteiger partial charge in [-0.3, -0.25) is 0 Å². The minimum Gasteiger partial charge on any atom is -0.476 e. The summed E-state index contributed by atoms with van der Waals surface area (Å²) in [6.45, 7) is 1.95. The van der Waals surface area contributed by atoms with E-state index in [2.05, 4.69) is 4.98 Å². The molecule has 0 amide bonds. The number of pyridine rings is 1. The fourth-order valence-corrected chi connectivity index (χ4v) is 2.10. The Hall–Kier alpha value is -2.56. The predicted molar refractivity (Wildman–Crippen MR) is 68.4 cm³/mol. The van der Waals surface area contributed by atoms with Crippen LogP contribution in [0.2, 0.25) is 0 Å². The lowest BCUT2D eigenvalue weighted by Gasteiger charge is -2.00. The Labute approximate surface area is 109 Å². The molecule has 1 N–H and O–H groups in total. The number of aromatic carboxylic acids is 1. The summed E-state index contributed by atoms with van der Waals surface area (Å²) in [6.07, 6.45) is 3.94. The highest BCUT2D eigenvalue weighted by molar-refractivity contribution is 5.93. The summed E-state index contributed by atoms with van der Waals surface area (Å²) in [4.78, 5) is 15.4. The third-order valence-electron chi connectivity index (χ3n) is 2.97. The van der Waals surface area contributed by atoms with E-state index in [0.717, 1.165) is 11.3 Å². The zero-order chi connectivity index (χ0) is 13.4. The summed E-state index contributed by atoms with van der Waals surface area (Å²) in [5, 5.41) is 9.19. The number of imidazole rings is 1. The molecule has 0 aliphatic rings. The van der Waals surface area contributed by atoms with Gasteiger partial charge in [-0.1, -0.05) is 6.07 Å². The van der Waals surface area contributed by atoms with E-state index in [1.807, 2.05) is 25.3 Å². The van der Waals surface area contributed by atoms with Gasteiger partial charge < -0.3 is 13.9 Å². The molecule has 3 rings (SSSR count). The lowest BCUT2D eigenvalue weighted by molar-refractivity contribution is 0.0693. The molecule has 0 atom stereocenters. The van der Waals surface area contributed by atoms with Gasteiger partial charge >= 0.3 is 5.97 Å². The maximum absolute atomic E-state index is 11.2. The summed E-state index contributed by atoms with van der Waals surface area (Å²) in [7, 11) is 0. The molecule has 3 aromatic rings. The summed E-state index contributed by atoms with van der Waals surface area (Å²) in [6, 6.07) is 7.29. The molecule has 0 saturated carbocycles. The van der Waals surface area contributed by atoms with Crippen LogP contribution in [0.15, 0.2) is 41.1 Å². The number of nitrogens with zero attached hydrogens (tertiary/aromatic N) is 2. The third-order valence-corrected chi connectivity index (χ3v) is 2.97. The molecule has 5 heteroatoms. The van der Waals surface area contributed by atoms with Crippen molar-refractivity contribution in [3.8, 4) is 0 Å². The van der Waals surface area contributed by atoms with E-state index in [9.17, 15) is 9.90 Å². The van der Waals surface area contributed by atoms with Gasteiger partial charge in [-0.2, -0.15) is 0 Å². The molecule has 3 aromatic heterocycles. The van der Waals surface area contributed by atoms with Crippen LogP contribution in [0.5, 0.6) is 0 Å². The van der Waals surface area contributed by atoms with Gasteiger partial charge in [0.15, 0.2) is 5.69 Å². The topological polar surface area (TPSA) is 67.7 Å². The summed E-state index contributed by atoms with van der Waals surface area (Å²) >= 11 is 0. The minimum absolute atomic E-state index is 0.0709. The number of carboxylic acid groups (broad SMARTS) is 1. The van der Waals surface area contributed by atoms with Crippen LogP contribution in [0.3, 0.4) is 0 Å². The number of rotatable bonds is 3. The number of aromatic nitrogens is 2. The van der Waals surface area contributed by atoms with Crippen LogP contribution in [-0.2, 0) is 6.42 Å².